The average molecular weight is 529 g/mol. The number of phenols is 1. The van der Waals surface area contributed by atoms with Crippen LogP contribution in [-0.2, 0) is 0 Å². The molecule has 0 saturated heterocycles. The molecule has 2 unspecified atom stereocenters. The lowest BCUT2D eigenvalue weighted by atomic mass is 9.97. The third kappa shape index (κ3) is 7.03. The van der Waals surface area contributed by atoms with E-state index < -0.39 is 12.2 Å². The molecular formula is C32H32O7. The Labute approximate surface area is 228 Å². The van der Waals surface area contributed by atoms with Crippen LogP contribution in [-0.4, -0.2) is 38.7 Å². The molecule has 0 heterocycles. The van der Waals surface area contributed by atoms with Gasteiger partial charge >= 0.3 is 0 Å². The predicted molar refractivity (Wildman–Crippen MR) is 151 cm³/mol. The largest absolute Gasteiger partial charge is 0.508 e. The number of aliphatic hydroxyl groups is 1. The van der Waals surface area contributed by atoms with Crippen molar-refractivity contribution in [2.45, 2.75) is 12.2 Å². The maximum atomic E-state index is 11.3. The van der Waals surface area contributed by atoms with E-state index in [1.54, 1.807) is 58.8 Å². The summed E-state index contributed by atoms with van der Waals surface area (Å²) < 4.78 is 27.9. The Hall–Kier alpha value is -4.62. The molecule has 0 bridgehead atoms. The molecule has 4 rings (SSSR count). The zero-order chi connectivity index (χ0) is 27.8. The van der Waals surface area contributed by atoms with Gasteiger partial charge in [0.2, 0.25) is 0 Å². The molecular weight excluding hydrogens is 496 g/mol. The van der Waals surface area contributed by atoms with Crippen molar-refractivity contribution in [1.82, 2.24) is 0 Å². The van der Waals surface area contributed by atoms with Crippen LogP contribution >= 0.6 is 0 Å². The highest BCUT2D eigenvalue weighted by atomic mass is 16.5. The fraction of sp³-hybridized carbons (Fsp3) is 0.188. The van der Waals surface area contributed by atoms with Gasteiger partial charge in [0.1, 0.15) is 40.6 Å². The number of ether oxygens (including phenoxy) is 5. The first-order chi connectivity index (χ1) is 18.9. The van der Waals surface area contributed by atoms with Gasteiger partial charge in [0.05, 0.1) is 28.4 Å². The normalized spacial score (nSPS) is 12.5. The molecule has 2 atom stereocenters. The second-order valence-electron chi connectivity index (χ2n) is 8.77. The third-order valence-electron chi connectivity index (χ3n) is 6.21. The zero-order valence-electron chi connectivity index (χ0n) is 22.3. The summed E-state index contributed by atoms with van der Waals surface area (Å²) in [6.45, 7) is 0. The van der Waals surface area contributed by atoms with Gasteiger partial charge in [0.25, 0.3) is 0 Å². The van der Waals surface area contributed by atoms with Gasteiger partial charge in [0.15, 0.2) is 6.10 Å². The molecule has 0 aromatic heterocycles. The first-order valence-electron chi connectivity index (χ1n) is 12.3. The number of phenolic OH excluding ortho intramolecular Hbond substituents is 1. The van der Waals surface area contributed by atoms with E-state index in [9.17, 15) is 10.2 Å². The van der Waals surface area contributed by atoms with Crippen LogP contribution in [0.2, 0.25) is 0 Å². The van der Waals surface area contributed by atoms with Crippen LogP contribution in [0.4, 0.5) is 0 Å². The molecule has 0 aliphatic heterocycles. The molecule has 7 heteroatoms. The Morgan fingerprint density at radius 3 is 1.54 bits per heavy atom. The fourth-order valence-electron chi connectivity index (χ4n) is 4.08. The van der Waals surface area contributed by atoms with Gasteiger partial charge in [0, 0.05) is 17.7 Å². The number of rotatable bonds is 11. The summed E-state index contributed by atoms with van der Waals surface area (Å²) in [6.07, 6.45) is 2.13. The summed E-state index contributed by atoms with van der Waals surface area (Å²) >= 11 is 0. The number of hydrogen-bond acceptors (Lipinski definition) is 7. The van der Waals surface area contributed by atoms with E-state index in [0.29, 0.717) is 39.9 Å². The maximum Gasteiger partial charge on any atom is 0.154 e. The first kappa shape index (κ1) is 27.4. The number of aliphatic hydroxyl groups excluding tert-OH is 1. The summed E-state index contributed by atoms with van der Waals surface area (Å²) in [5.74, 6) is 3.26. The minimum absolute atomic E-state index is 0.113. The lowest BCUT2D eigenvalue weighted by molar-refractivity contribution is 0.0341. The van der Waals surface area contributed by atoms with Crippen molar-refractivity contribution in [1.29, 1.82) is 0 Å². The van der Waals surface area contributed by atoms with E-state index >= 15 is 0 Å². The standard InChI is InChI=1S/C32H32O7/c1-35-27-15-22(16-28(19-27)36-2)6-5-21-7-13-26(14-8-21)39-32(31(34)23-9-11-25(33)12-10-23)24-17-29(37-3)20-30(18-24)38-4/h5-20,31-34H,1-4H3/b6-5+. The number of methoxy groups -OCH3 is 4. The molecule has 202 valence electrons. The summed E-state index contributed by atoms with van der Waals surface area (Å²) in [5, 5.41) is 21.0. The van der Waals surface area contributed by atoms with E-state index in [2.05, 4.69) is 0 Å². The van der Waals surface area contributed by atoms with Gasteiger partial charge in [-0.05, 0) is 65.2 Å². The average Bonchev–Trinajstić information content (AvgIpc) is 2.98. The van der Waals surface area contributed by atoms with Crippen LogP contribution in [0, 0.1) is 0 Å². The Morgan fingerprint density at radius 1 is 0.538 bits per heavy atom. The summed E-state index contributed by atoms with van der Waals surface area (Å²) in [6, 6.07) is 25.0. The minimum Gasteiger partial charge on any atom is -0.508 e. The maximum absolute atomic E-state index is 11.3. The van der Waals surface area contributed by atoms with Crippen LogP contribution < -0.4 is 23.7 Å². The molecule has 2 N–H and O–H groups in total. The van der Waals surface area contributed by atoms with Gasteiger partial charge in [-0.2, -0.15) is 0 Å². The third-order valence-corrected chi connectivity index (χ3v) is 6.21. The van der Waals surface area contributed by atoms with Crippen LogP contribution in [0.1, 0.15) is 34.5 Å². The number of aromatic hydroxyl groups is 1. The van der Waals surface area contributed by atoms with Gasteiger partial charge in [-0.3, -0.25) is 0 Å². The van der Waals surface area contributed by atoms with Crippen molar-refractivity contribution in [2.24, 2.45) is 0 Å². The molecule has 0 amide bonds. The predicted octanol–water partition coefficient (Wildman–Crippen LogP) is 6.45. The van der Waals surface area contributed by atoms with Crippen molar-refractivity contribution >= 4 is 12.2 Å². The molecule has 4 aromatic carbocycles. The lowest BCUT2D eigenvalue weighted by Crippen LogP contribution is -2.17. The van der Waals surface area contributed by atoms with Crippen LogP contribution in [0.25, 0.3) is 12.2 Å². The van der Waals surface area contributed by atoms with Gasteiger partial charge in [-0.1, -0.05) is 36.4 Å². The van der Waals surface area contributed by atoms with Crippen LogP contribution in [0.15, 0.2) is 84.9 Å². The second-order valence-corrected chi connectivity index (χ2v) is 8.77. The Kier molecular flexibility index (Phi) is 8.97. The summed E-state index contributed by atoms with van der Waals surface area (Å²) in [5.41, 5.74) is 3.16. The Bertz CT molecular complexity index is 1350. The molecule has 39 heavy (non-hydrogen) atoms. The van der Waals surface area contributed by atoms with E-state index in [4.69, 9.17) is 23.7 Å². The van der Waals surface area contributed by atoms with Crippen molar-refractivity contribution < 1.29 is 33.9 Å². The molecule has 0 aliphatic carbocycles. The SMILES string of the molecule is COc1cc(/C=C/c2ccc(OC(c3cc(OC)cc(OC)c3)C(O)c3ccc(O)cc3)cc2)cc(OC)c1. The van der Waals surface area contributed by atoms with Gasteiger partial charge in [-0.15, -0.1) is 0 Å². The fourth-order valence-corrected chi connectivity index (χ4v) is 4.08. The lowest BCUT2D eigenvalue weighted by Gasteiger charge is -2.26. The van der Waals surface area contributed by atoms with Crippen molar-refractivity contribution in [3.8, 4) is 34.5 Å². The Morgan fingerprint density at radius 2 is 1.03 bits per heavy atom. The highest BCUT2D eigenvalue weighted by Crippen LogP contribution is 2.37. The van der Waals surface area contributed by atoms with Crippen LogP contribution in [0.3, 0.4) is 0 Å². The second kappa shape index (κ2) is 12.8. The van der Waals surface area contributed by atoms with Gasteiger partial charge < -0.3 is 33.9 Å². The van der Waals surface area contributed by atoms with Crippen molar-refractivity contribution in [3.05, 3.63) is 107 Å². The van der Waals surface area contributed by atoms with E-state index in [1.807, 2.05) is 54.6 Å². The zero-order valence-corrected chi connectivity index (χ0v) is 22.3. The summed E-state index contributed by atoms with van der Waals surface area (Å²) in [4.78, 5) is 0. The first-order valence-corrected chi connectivity index (χ1v) is 12.3. The number of hydrogen-bond donors (Lipinski definition) is 2. The number of benzene rings is 4. The molecule has 0 saturated carbocycles. The summed E-state index contributed by atoms with van der Waals surface area (Å²) in [7, 11) is 6.38. The highest BCUT2D eigenvalue weighted by Gasteiger charge is 2.26. The molecule has 0 fully saturated rings. The molecule has 0 radical (unpaired) electrons. The Balaban J connectivity index is 1.60. The van der Waals surface area contributed by atoms with Crippen LogP contribution in [0.5, 0.6) is 34.5 Å². The van der Waals surface area contributed by atoms with Gasteiger partial charge in [-0.25, -0.2) is 0 Å². The quantitative estimate of drug-likeness (QED) is 0.216. The topological polar surface area (TPSA) is 86.6 Å². The molecule has 4 aromatic rings. The van der Waals surface area contributed by atoms with E-state index in [0.717, 1.165) is 11.1 Å². The van der Waals surface area contributed by atoms with Crippen molar-refractivity contribution in [3.63, 3.8) is 0 Å². The molecule has 0 aliphatic rings. The smallest absolute Gasteiger partial charge is 0.154 e. The molecule has 0 spiro atoms. The van der Waals surface area contributed by atoms with Crippen molar-refractivity contribution in [2.75, 3.05) is 28.4 Å². The monoisotopic (exact) mass is 528 g/mol. The van der Waals surface area contributed by atoms with E-state index in [-0.39, 0.29) is 5.75 Å². The molecule has 7 nitrogen and oxygen atoms in total. The highest BCUT2D eigenvalue weighted by molar-refractivity contribution is 5.71. The van der Waals surface area contributed by atoms with E-state index in [1.165, 1.54) is 12.1 Å². The minimum atomic E-state index is -1.04.